The Labute approximate surface area is 171 Å². The van der Waals surface area contributed by atoms with E-state index < -0.39 is 0 Å². The third-order valence-corrected chi connectivity index (χ3v) is 7.35. The summed E-state index contributed by atoms with van der Waals surface area (Å²) in [6.07, 6.45) is 9.12. The van der Waals surface area contributed by atoms with Gasteiger partial charge in [0.05, 0.1) is 5.69 Å². The molecule has 3 unspecified atom stereocenters. The van der Waals surface area contributed by atoms with Crippen molar-refractivity contribution >= 4 is 5.91 Å². The van der Waals surface area contributed by atoms with Crippen LogP contribution in [0.3, 0.4) is 0 Å². The molecule has 0 bridgehead atoms. The second-order valence-corrected chi connectivity index (χ2v) is 9.25. The molecule has 4 aliphatic rings. The molecule has 3 N–H and O–H groups in total. The number of rotatable bonds is 3. The first kappa shape index (κ1) is 19.2. The molecule has 3 fully saturated rings. The van der Waals surface area contributed by atoms with E-state index in [4.69, 9.17) is 0 Å². The Bertz CT molecular complexity index is 816. The van der Waals surface area contributed by atoms with E-state index in [2.05, 4.69) is 26.4 Å². The Morgan fingerprint density at radius 2 is 1.86 bits per heavy atom. The normalized spacial score (nSPS) is 30.1. The summed E-state index contributed by atoms with van der Waals surface area (Å²) < 4.78 is 1.68. The molecular formula is C21H32N6O2. The minimum atomic E-state index is 0.0344. The molecule has 8 nitrogen and oxygen atoms in total. The topological polar surface area (TPSA) is 91.3 Å². The summed E-state index contributed by atoms with van der Waals surface area (Å²) in [4.78, 5) is 27.5. The molecule has 8 heteroatoms. The summed E-state index contributed by atoms with van der Waals surface area (Å²) in [5.41, 5.74) is 11.8. The Morgan fingerprint density at radius 3 is 2.72 bits per heavy atom. The van der Waals surface area contributed by atoms with E-state index in [0.29, 0.717) is 30.5 Å². The van der Waals surface area contributed by atoms with Gasteiger partial charge < -0.3 is 4.90 Å². The number of hydrogen-bond acceptors (Lipinski definition) is 6. The second-order valence-electron chi connectivity index (χ2n) is 9.25. The van der Waals surface area contributed by atoms with Crippen molar-refractivity contribution in [3.05, 3.63) is 27.7 Å². The van der Waals surface area contributed by atoms with Crippen molar-refractivity contribution < 1.29 is 4.79 Å². The molecule has 29 heavy (non-hydrogen) atoms. The van der Waals surface area contributed by atoms with Gasteiger partial charge in [-0.05, 0) is 69.3 Å². The van der Waals surface area contributed by atoms with E-state index >= 15 is 0 Å². The lowest BCUT2D eigenvalue weighted by Crippen LogP contribution is -2.47. The number of piperidine rings is 1. The molecule has 2 aliphatic heterocycles. The lowest BCUT2D eigenvalue weighted by atomic mass is 9.82. The van der Waals surface area contributed by atoms with Crippen LogP contribution in [0.4, 0.5) is 0 Å². The highest BCUT2D eigenvalue weighted by Crippen LogP contribution is 2.29. The number of amides is 1. The van der Waals surface area contributed by atoms with Gasteiger partial charge in [0.15, 0.2) is 0 Å². The van der Waals surface area contributed by atoms with Crippen LogP contribution in [0, 0.1) is 11.8 Å². The summed E-state index contributed by atoms with van der Waals surface area (Å²) in [5, 5.41) is 4.67. The third-order valence-electron chi connectivity index (χ3n) is 7.35. The standard InChI is InChI=1S/C21H32N6O2/c28-20-12-15-3-1-2-4-17(15)24-27(20)13-14-7-9-26(10-8-14)21(29)16-5-6-18-19(11-16)23-25-22-18/h12,14,16,18-19,22-23,25H,1-11,13H2. The number of aryl methyl sites for hydroxylation is 2. The Kier molecular flexibility index (Phi) is 5.41. The van der Waals surface area contributed by atoms with Crippen molar-refractivity contribution in [2.45, 2.75) is 76.4 Å². The molecule has 0 radical (unpaired) electrons. The Morgan fingerprint density at radius 1 is 1.07 bits per heavy atom. The largest absolute Gasteiger partial charge is 0.342 e. The highest BCUT2D eigenvalue weighted by Gasteiger charge is 2.38. The van der Waals surface area contributed by atoms with Crippen LogP contribution in [0.25, 0.3) is 0 Å². The van der Waals surface area contributed by atoms with Gasteiger partial charge in [-0.2, -0.15) is 10.6 Å². The first-order valence-electron chi connectivity index (χ1n) is 11.3. The third kappa shape index (κ3) is 3.98. The lowest BCUT2D eigenvalue weighted by Gasteiger charge is -2.37. The number of hydrazine groups is 2. The average molecular weight is 401 g/mol. The zero-order valence-corrected chi connectivity index (χ0v) is 17.0. The summed E-state index contributed by atoms with van der Waals surface area (Å²) in [6.45, 7) is 2.29. The maximum Gasteiger partial charge on any atom is 0.267 e. The van der Waals surface area contributed by atoms with Gasteiger partial charge in [0.25, 0.3) is 5.56 Å². The predicted molar refractivity (Wildman–Crippen MR) is 109 cm³/mol. The SMILES string of the molecule is O=C(C1CCC2NNNC2C1)N1CCC(Cn2nc3c(cc2=O)CCCC3)CC1. The Balaban J connectivity index is 1.16. The van der Waals surface area contributed by atoms with Crippen molar-refractivity contribution in [1.82, 2.24) is 31.1 Å². The quantitative estimate of drug-likeness (QED) is 0.685. The van der Waals surface area contributed by atoms with E-state index in [-0.39, 0.29) is 11.5 Å². The van der Waals surface area contributed by atoms with Crippen molar-refractivity contribution in [3.63, 3.8) is 0 Å². The molecule has 5 rings (SSSR count). The van der Waals surface area contributed by atoms with E-state index in [1.165, 1.54) is 6.42 Å². The van der Waals surface area contributed by atoms with E-state index in [9.17, 15) is 9.59 Å². The van der Waals surface area contributed by atoms with E-state index in [1.54, 1.807) is 10.7 Å². The molecule has 2 saturated heterocycles. The molecule has 1 aromatic heterocycles. The minimum absolute atomic E-state index is 0.0344. The second kappa shape index (κ2) is 8.16. The Hall–Kier alpha value is -1.77. The van der Waals surface area contributed by atoms with Crippen molar-refractivity contribution in [3.8, 4) is 0 Å². The number of aromatic nitrogens is 2. The van der Waals surface area contributed by atoms with Gasteiger partial charge in [-0.3, -0.25) is 9.59 Å². The summed E-state index contributed by atoms with van der Waals surface area (Å²) in [5.74, 6) is 0.873. The molecule has 0 aromatic carbocycles. The molecule has 3 heterocycles. The summed E-state index contributed by atoms with van der Waals surface area (Å²) in [6, 6.07) is 2.58. The average Bonchev–Trinajstić information content (AvgIpc) is 3.22. The first-order chi connectivity index (χ1) is 14.2. The molecule has 2 aliphatic carbocycles. The first-order valence-corrected chi connectivity index (χ1v) is 11.3. The van der Waals surface area contributed by atoms with Crippen molar-refractivity contribution in [2.75, 3.05) is 13.1 Å². The number of nitrogens with zero attached hydrogens (tertiary/aromatic N) is 3. The fourth-order valence-corrected chi connectivity index (χ4v) is 5.52. The smallest absolute Gasteiger partial charge is 0.267 e. The van der Waals surface area contributed by atoms with Gasteiger partial charge in [-0.15, -0.1) is 0 Å². The predicted octanol–water partition coefficient (Wildman–Crippen LogP) is 0.510. The number of carbonyl (C=O) groups excluding carboxylic acids is 1. The maximum atomic E-state index is 13.0. The van der Waals surface area contributed by atoms with Gasteiger partial charge in [0.2, 0.25) is 5.91 Å². The molecule has 1 amide bonds. The maximum absolute atomic E-state index is 13.0. The monoisotopic (exact) mass is 400 g/mol. The fraction of sp³-hybridized carbons (Fsp3) is 0.762. The number of nitrogens with one attached hydrogen (secondary N) is 3. The highest BCUT2D eigenvalue weighted by atomic mass is 16.2. The van der Waals surface area contributed by atoms with Crippen LogP contribution in [0.15, 0.2) is 10.9 Å². The molecule has 158 valence electrons. The van der Waals surface area contributed by atoms with Gasteiger partial charge in [0, 0.05) is 43.7 Å². The molecule has 1 aromatic rings. The van der Waals surface area contributed by atoms with Gasteiger partial charge in [-0.25, -0.2) is 15.5 Å². The van der Waals surface area contributed by atoms with Crippen molar-refractivity contribution in [1.29, 1.82) is 0 Å². The fourth-order valence-electron chi connectivity index (χ4n) is 5.52. The van der Waals surface area contributed by atoms with Crippen LogP contribution in [-0.2, 0) is 24.2 Å². The molecular weight excluding hydrogens is 368 g/mol. The van der Waals surface area contributed by atoms with Crippen LogP contribution in [0.1, 0.15) is 56.2 Å². The van der Waals surface area contributed by atoms with Gasteiger partial charge >= 0.3 is 0 Å². The van der Waals surface area contributed by atoms with Crippen LogP contribution >= 0.6 is 0 Å². The van der Waals surface area contributed by atoms with Crippen LogP contribution in [0.2, 0.25) is 0 Å². The van der Waals surface area contributed by atoms with E-state index in [1.807, 2.05) is 0 Å². The van der Waals surface area contributed by atoms with Crippen molar-refractivity contribution in [2.24, 2.45) is 11.8 Å². The van der Waals surface area contributed by atoms with Crippen LogP contribution in [-0.4, -0.2) is 45.8 Å². The zero-order chi connectivity index (χ0) is 19.8. The number of hydrogen-bond donors (Lipinski definition) is 3. The lowest BCUT2D eigenvalue weighted by molar-refractivity contribution is -0.138. The number of fused-ring (bicyclic) bond motifs is 2. The zero-order valence-electron chi connectivity index (χ0n) is 17.0. The van der Waals surface area contributed by atoms with E-state index in [0.717, 1.165) is 75.7 Å². The molecule has 1 saturated carbocycles. The van der Waals surface area contributed by atoms with Crippen LogP contribution < -0.4 is 21.9 Å². The molecule has 3 atom stereocenters. The summed E-state index contributed by atoms with van der Waals surface area (Å²) >= 11 is 0. The van der Waals surface area contributed by atoms with Gasteiger partial charge in [-0.1, -0.05) is 0 Å². The van der Waals surface area contributed by atoms with Crippen LogP contribution in [0.5, 0.6) is 0 Å². The minimum Gasteiger partial charge on any atom is -0.342 e. The molecule has 0 spiro atoms. The number of likely N-dealkylation sites (tertiary alicyclic amines) is 1. The number of carbonyl (C=O) groups is 1. The summed E-state index contributed by atoms with van der Waals surface area (Å²) in [7, 11) is 0. The highest BCUT2D eigenvalue weighted by molar-refractivity contribution is 5.79. The van der Waals surface area contributed by atoms with Gasteiger partial charge in [0.1, 0.15) is 0 Å².